The maximum absolute atomic E-state index is 12.1. The van der Waals surface area contributed by atoms with Crippen LogP contribution >= 0.6 is 11.3 Å². The number of aromatic nitrogens is 4. The number of esters is 2. The average Bonchev–Trinajstić information content (AvgIpc) is 3.26. The standard InChI is InChI=1S/C14H16N4O4S/c1-21-13(19)9-6-18(17-16-9)11-4-2-3-5-12(11)22-14(20)10-7-23-8-15-10/h6-8,11-12H,2-5H2,1H3/t11-,12+/m0/s1. The zero-order valence-electron chi connectivity index (χ0n) is 12.5. The highest BCUT2D eigenvalue weighted by Crippen LogP contribution is 2.31. The largest absolute Gasteiger partial charge is 0.464 e. The van der Waals surface area contributed by atoms with Crippen LogP contribution in [0, 0.1) is 0 Å². The van der Waals surface area contributed by atoms with E-state index in [-0.39, 0.29) is 17.8 Å². The molecule has 0 amide bonds. The van der Waals surface area contributed by atoms with Gasteiger partial charge >= 0.3 is 11.9 Å². The summed E-state index contributed by atoms with van der Waals surface area (Å²) in [7, 11) is 1.29. The van der Waals surface area contributed by atoms with E-state index in [1.54, 1.807) is 15.6 Å². The molecule has 9 heteroatoms. The van der Waals surface area contributed by atoms with Gasteiger partial charge in [-0.1, -0.05) is 11.6 Å². The van der Waals surface area contributed by atoms with Crippen molar-refractivity contribution in [1.29, 1.82) is 0 Å². The molecule has 1 aliphatic rings. The number of hydrogen-bond donors (Lipinski definition) is 0. The second-order valence-electron chi connectivity index (χ2n) is 5.24. The molecule has 0 saturated heterocycles. The van der Waals surface area contributed by atoms with Crippen LogP contribution in [0.4, 0.5) is 0 Å². The normalized spacial score (nSPS) is 20.9. The van der Waals surface area contributed by atoms with Crippen LogP contribution in [-0.4, -0.2) is 45.1 Å². The van der Waals surface area contributed by atoms with Gasteiger partial charge in [-0.3, -0.25) is 0 Å². The van der Waals surface area contributed by atoms with Gasteiger partial charge in [-0.05, 0) is 19.3 Å². The molecule has 0 aromatic carbocycles. The van der Waals surface area contributed by atoms with Gasteiger partial charge in [0.1, 0.15) is 6.10 Å². The second kappa shape index (κ2) is 6.86. The quantitative estimate of drug-likeness (QED) is 0.786. The minimum Gasteiger partial charge on any atom is -0.464 e. The molecule has 0 aliphatic heterocycles. The summed E-state index contributed by atoms with van der Waals surface area (Å²) in [5, 5.41) is 9.46. The monoisotopic (exact) mass is 336 g/mol. The number of nitrogens with zero attached hydrogens (tertiary/aromatic N) is 4. The summed E-state index contributed by atoms with van der Waals surface area (Å²) in [5.74, 6) is -0.973. The van der Waals surface area contributed by atoms with Crippen LogP contribution in [0.5, 0.6) is 0 Å². The molecule has 0 N–H and O–H groups in total. The molecule has 1 fully saturated rings. The lowest BCUT2D eigenvalue weighted by Crippen LogP contribution is -2.32. The van der Waals surface area contributed by atoms with E-state index in [0.717, 1.165) is 25.7 Å². The molecule has 0 bridgehead atoms. The van der Waals surface area contributed by atoms with Crippen LogP contribution in [0.25, 0.3) is 0 Å². The van der Waals surface area contributed by atoms with E-state index in [9.17, 15) is 9.59 Å². The van der Waals surface area contributed by atoms with Gasteiger partial charge in [-0.25, -0.2) is 19.3 Å². The number of hydrogen-bond acceptors (Lipinski definition) is 8. The lowest BCUT2D eigenvalue weighted by Gasteiger charge is -2.30. The second-order valence-corrected chi connectivity index (χ2v) is 5.96. The molecule has 1 saturated carbocycles. The summed E-state index contributed by atoms with van der Waals surface area (Å²) in [4.78, 5) is 27.6. The maximum atomic E-state index is 12.1. The Bertz CT molecular complexity index is 685. The van der Waals surface area contributed by atoms with Crippen LogP contribution in [-0.2, 0) is 9.47 Å². The third-order valence-corrected chi connectivity index (χ3v) is 4.40. The molecular weight excluding hydrogens is 320 g/mol. The molecule has 2 aromatic rings. The molecule has 1 aliphatic carbocycles. The number of carbonyl (C=O) groups excluding carboxylic acids is 2. The van der Waals surface area contributed by atoms with Crippen molar-refractivity contribution >= 4 is 23.3 Å². The van der Waals surface area contributed by atoms with E-state index >= 15 is 0 Å². The number of methoxy groups -OCH3 is 1. The van der Waals surface area contributed by atoms with Gasteiger partial charge in [-0.15, -0.1) is 16.4 Å². The van der Waals surface area contributed by atoms with Gasteiger partial charge < -0.3 is 9.47 Å². The Morgan fingerprint density at radius 3 is 2.83 bits per heavy atom. The molecule has 0 unspecified atom stereocenters. The average molecular weight is 336 g/mol. The SMILES string of the molecule is COC(=O)c1cn([C@H]2CCCC[C@H]2OC(=O)c2cscn2)nn1. The fourth-order valence-corrected chi connectivity index (χ4v) is 3.19. The zero-order valence-corrected chi connectivity index (χ0v) is 13.4. The van der Waals surface area contributed by atoms with E-state index < -0.39 is 11.9 Å². The van der Waals surface area contributed by atoms with Gasteiger partial charge in [0, 0.05) is 5.38 Å². The van der Waals surface area contributed by atoms with Crippen molar-refractivity contribution in [3.8, 4) is 0 Å². The Kier molecular flexibility index (Phi) is 4.65. The Balaban J connectivity index is 1.74. The molecule has 2 heterocycles. The third kappa shape index (κ3) is 3.39. The number of carbonyl (C=O) groups is 2. The Morgan fingerprint density at radius 2 is 2.09 bits per heavy atom. The third-order valence-electron chi connectivity index (χ3n) is 3.81. The summed E-state index contributed by atoms with van der Waals surface area (Å²) in [6.07, 6.45) is 4.75. The lowest BCUT2D eigenvalue weighted by atomic mass is 9.92. The summed E-state index contributed by atoms with van der Waals surface area (Å²) in [6, 6.07) is -0.141. The van der Waals surface area contributed by atoms with Crippen molar-refractivity contribution in [3.05, 3.63) is 28.5 Å². The zero-order chi connectivity index (χ0) is 16.2. The van der Waals surface area contributed by atoms with Gasteiger partial charge in [0.2, 0.25) is 0 Å². The van der Waals surface area contributed by atoms with Crippen molar-refractivity contribution in [2.75, 3.05) is 7.11 Å². The van der Waals surface area contributed by atoms with E-state index in [4.69, 9.17) is 4.74 Å². The van der Waals surface area contributed by atoms with Crippen LogP contribution in [0.1, 0.15) is 52.7 Å². The predicted octanol–water partition coefficient (Wildman–Crippen LogP) is 1.86. The first-order valence-electron chi connectivity index (χ1n) is 7.28. The lowest BCUT2D eigenvalue weighted by molar-refractivity contribution is 0.00122. The number of thiazole rings is 1. The summed E-state index contributed by atoms with van der Waals surface area (Å²) < 4.78 is 11.8. The first-order chi connectivity index (χ1) is 11.2. The van der Waals surface area contributed by atoms with Crippen molar-refractivity contribution in [1.82, 2.24) is 20.0 Å². The van der Waals surface area contributed by atoms with Gasteiger partial charge in [0.05, 0.1) is 24.9 Å². The maximum Gasteiger partial charge on any atom is 0.360 e. The molecule has 8 nitrogen and oxygen atoms in total. The van der Waals surface area contributed by atoms with Crippen LogP contribution < -0.4 is 0 Å². The van der Waals surface area contributed by atoms with Crippen molar-refractivity contribution in [2.24, 2.45) is 0 Å². The van der Waals surface area contributed by atoms with Gasteiger partial charge in [0.15, 0.2) is 11.4 Å². The highest BCUT2D eigenvalue weighted by atomic mass is 32.1. The van der Waals surface area contributed by atoms with E-state index in [1.165, 1.54) is 24.6 Å². The molecule has 2 atom stereocenters. The molecule has 3 rings (SSSR count). The molecular formula is C14H16N4O4S. The minimum atomic E-state index is -0.539. The predicted molar refractivity (Wildman–Crippen MR) is 80.2 cm³/mol. The Hall–Kier alpha value is -2.29. The first-order valence-corrected chi connectivity index (χ1v) is 8.22. The van der Waals surface area contributed by atoms with Crippen molar-refractivity contribution in [2.45, 2.75) is 37.8 Å². The Labute approximate surface area is 136 Å². The first kappa shape index (κ1) is 15.6. The van der Waals surface area contributed by atoms with E-state index in [2.05, 4.69) is 20.0 Å². The smallest absolute Gasteiger partial charge is 0.360 e. The number of rotatable bonds is 4. The summed E-state index contributed by atoms with van der Waals surface area (Å²) >= 11 is 1.35. The molecule has 0 spiro atoms. The van der Waals surface area contributed by atoms with E-state index in [0.29, 0.717) is 5.69 Å². The van der Waals surface area contributed by atoms with Gasteiger partial charge in [-0.2, -0.15) is 0 Å². The summed E-state index contributed by atoms with van der Waals surface area (Å²) in [5.41, 5.74) is 2.05. The van der Waals surface area contributed by atoms with Crippen LogP contribution in [0.2, 0.25) is 0 Å². The van der Waals surface area contributed by atoms with E-state index in [1.807, 2.05) is 0 Å². The Morgan fingerprint density at radius 1 is 1.26 bits per heavy atom. The van der Waals surface area contributed by atoms with Crippen molar-refractivity contribution in [3.63, 3.8) is 0 Å². The van der Waals surface area contributed by atoms with Crippen molar-refractivity contribution < 1.29 is 19.1 Å². The van der Waals surface area contributed by atoms with Crippen LogP contribution in [0.3, 0.4) is 0 Å². The fourth-order valence-electron chi connectivity index (χ4n) is 2.67. The molecule has 2 aromatic heterocycles. The molecule has 0 radical (unpaired) electrons. The minimum absolute atomic E-state index is 0.141. The highest BCUT2D eigenvalue weighted by molar-refractivity contribution is 7.07. The fraction of sp³-hybridized carbons (Fsp3) is 0.500. The summed E-state index contributed by atoms with van der Waals surface area (Å²) in [6.45, 7) is 0. The molecule has 122 valence electrons. The topological polar surface area (TPSA) is 96.2 Å². The molecule has 23 heavy (non-hydrogen) atoms. The number of ether oxygens (including phenoxy) is 2. The van der Waals surface area contributed by atoms with Crippen LogP contribution in [0.15, 0.2) is 17.1 Å². The highest BCUT2D eigenvalue weighted by Gasteiger charge is 2.32. The van der Waals surface area contributed by atoms with Gasteiger partial charge in [0.25, 0.3) is 0 Å².